The standard InChI is InChI=1S/C18H17F2NO2.Na/c1-11-2-4-12(5-3-11)14(8-9-17(21)18(22)23)15-7-6-13(19)10-16(15)20;/h2-8,10,17H,9,21H2,1H3,(H,22,23);/q;+1/p-1/b14-8-;. The molecule has 2 aromatic carbocycles. The number of aliphatic carboxylic acids is 1. The van der Waals surface area contributed by atoms with Crippen molar-refractivity contribution in [1.29, 1.82) is 0 Å². The van der Waals surface area contributed by atoms with Crippen molar-refractivity contribution >= 4 is 11.5 Å². The van der Waals surface area contributed by atoms with E-state index in [-0.39, 0.29) is 41.5 Å². The summed E-state index contributed by atoms with van der Waals surface area (Å²) in [6.07, 6.45) is 1.50. The maximum atomic E-state index is 14.1. The van der Waals surface area contributed by atoms with Crippen molar-refractivity contribution < 1.29 is 48.2 Å². The first-order valence-corrected chi connectivity index (χ1v) is 7.07. The van der Waals surface area contributed by atoms with E-state index in [1.54, 1.807) is 12.1 Å². The Kier molecular flexibility index (Phi) is 7.76. The summed E-state index contributed by atoms with van der Waals surface area (Å²) in [6, 6.07) is 9.34. The van der Waals surface area contributed by atoms with Crippen LogP contribution in [0, 0.1) is 18.6 Å². The molecule has 3 nitrogen and oxygen atoms in total. The summed E-state index contributed by atoms with van der Waals surface area (Å²) in [5, 5.41) is 10.8. The molecule has 0 saturated carbocycles. The van der Waals surface area contributed by atoms with Gasteiger partial charge in [0.1, 0.15) is 11.6 Å². The molecule has 0 aliphatic carbocycles. The normalized spacial score (nSPS) is 12.4. The number of rotatable bonds is 5. The number of hydrogen-bond donors (Lipinski definition) is 1. The Morgan fingerprint density at radius 2 is 1.83 bits per heavy atom. The van der Waals surface area contributed by atoms with Gasteiger partial charge in [0.15, 0.2) is 0 Å². The van der Waals surface area contributed by atoms with Crippen molar-refractivity contribution in [2.24, 2.45) is 5.73 Å². The molecule has 120 valence electrons. The largest absolute Gasteiger partial charge is 1.00 e. The van der Waals surface area contributed by atoms with Gasteiger partial charge in [-0.3, -0.25) is 0 Å². The summed E-state index contributed by atoms with van der Waals surface area (Å²) in [6.45, 7) is 1.91. The van der Waals surface area contributed by atoms with Gasteiger partial charge in [0.05, 0.1) is 5.97 Å². The van der Waals surface area contributed by atoms with Crippen LogP contribution in [0.15, 0.2) is 48.5 Å². The molecule has 2 aromatic rings. The van der Waals surface area contributed by atoms with E-state index in [9.17, 15) is 18.7 Å². The average molecular weight is 339 g/mol. The summed E-state index contributed by atoms with van der Waals surface area (Å²) >= 11 is 0. The van der Waals surface area contributed by atoms with Gasteiger partial charge in [-0.2, -0.15) is 0 Å². The average Bonchev–Trinajstić information content (AvgIpc) is 2.50. The summed E-state index contributed by atoms with van der Waals surface area (Å²) in [5.74, 6) is -2.79. The first kappa shape index (κ1) is 20.5. The van der Waals surface area contributed by atoms with E-state index in [1.807, 2.05) is 19.1 Å². The van der Waals surface area contributed by atoms with Crippen molar-refractivity contribution in [2.75, 3.05) is 0 Å². The number of carboxylic acid groups (broad SMARTS) is 1. The number of carbonyl (C=O) groups is 1. The molecular formula is C18H16F2NNaO2. The van der Waals surface area contributed by atoms with Crippen LogP contribution in [-0.2, 0) is 4.79 Å². The zero-order chi connectivity index (χ0) is 17.0. The Bertz CT molecular complexity index is 745. The van der Waals surface area contributed by atoms with Crippen LogP contribution in [0.3, 0.4) is 0 Å². The molecule has 24 heavy (non-hydrogen) atoms. The molecule has 0 amide bonds. The van der Waals surface area contributed by atoms with E-state index in [4.69, 9.17) is 5.73 Å². The first-order chi connectivity index (χ1) is 10.9. The molecule has 0 saturated heterocycles. The van der Waals surface area contributed by atoms with Crippen molar-refractivity contribution in [1.82, 2.24) is 0 Å². The molecule has 0 aliphatic heterocycles. The van der Waals surface area contributed by atoms with Gasteiger partial charge in [-0.15, -0.1) is 0 Å². The third-order valence-electron chi connectivity index (χ3n) is 3.46. The van der Waals surface area contributed by atoms with Gasteiger partial charge >= 0.3 is 29.6 Å². The first-order valence-electron chi connectivity index (χ1n) is 7.07. The van der Waals surface area contributed by atoms with Crippen LogP contribution in [0.25, 0.3) is 5.57 Å². The zero-order valence-corrected chi connectivity index (χ0v) is 15.6. The second-order valence-electron chi connectivity index (χ2n) is 5.27. The van der Waals surface area contributed by atoms with E-state index in [1.165, 1.54) is 12.1 Å². The second kappa shape index (κ2) is 9.08. The topological polar surface area (TPSA) is 66.2 Å². The predicted octanol–water partition coefficient (Wildman–Crippen LogP) is -0.824. The molecule has 1 unspecified atom stereocenters. The van der Waals surface area contributed by atoms with Crippen LogP contribution in [0.1, 0.15) is 23.1 Å². The molecule has 0 aliphatic rings. The van der Waals surface area contributed by atoms with E-state index in [2.05, 4.69) is 0 Å². The summed E-state index contributed by atoms with van der Waals surface area (Å²) in [4.78, 5) is 10.8. The molecule has 6 heteroatoms. The van der Waals surface area contributed by atoms with Crippen LogP contribution in [0.5, 0.6) is 0 Å². The SMILES string of the molecule is Cc1ccc(/C(=C/CC(N)C(=O)[O-])c2ccc(F)cc2F)cc1.[Na+]. The minimum atomic E-state index is -1.39. The van der Waals surface area contributed by atoms with Gasteiger partial charge in [0.25, 0.3) is 0 Å². The fourth-order valence-electron chi connectivity index (χ4n) is 2.17. The number of carbonyl (C=O) groups excluding carboxylic acids is 1. The van der Waals surface area contributed by atoms with Gasteiger partial charge in [0, 0.05) is 17.7 Å². The Balaban J connectivity index is 0.00000288. The Labute approximate surface area is 161 Å². The van der Waals surface area contributed by atoms with E-state index >= 15 is 0 Å². The smallest absolute Gasteiger partial charge is 0.548 e. The van der Waals surface area contributed by atoms with Crippen molar-refractivity contribution in [3.63, 3.8) is 0 Å². The van der Waals surface area contributed by atoms with E-state index in [0.717, 1.165) is 17.7 Å². The molecular weight excluding hydrogens is 323 g/mol. The molecule has 0 aromatic heterocycles. The number of halogens is 2. The maximum Gasteiger partial charge on any atom is 1.00 e. The maximum absolute atomic E-state index is 14.1. The molecule has 0 fully saturated rings. The molecule has 0 bridgehead atoms. The summed E-state index contributed by atoms with van der Waals surface area (Å²) in [5.41, 5.74) is 7.80. The van der Waals surface area contributed by atoms with Crippen LogP contribution in [0.2, 0.25) is 0 Å². The quantitative estimate of drug-likeness (QED) is 0.724. The number of hydrogen-bond acceptors (Lipinski definition) is 3. The van der Waals surface area contributed by atoms with Crippen LogP contribution in [-0.4, -0.2) is 12.0 Å². The minimum Gasteiger partial charge on any atom is -0.548 e. The van der Waals surface area contributed by atoms with Crippen LogP contribution >= 0.6 is 0 Å². The minimum absolute atomic E-state index is 0. The molecule has 0 radical (unpaired) electrons. The molecule has 1 atom stereocenters. The van der Waals surface area contributed by atoms with Crippen molar-refractivity contribution in [3.8, 4) is 0 Å². The number of benzene rings is 2. The Morgan fingerprint density at radius 3 is 2.38 bits per heavy atom. The van der Waals surface area contributed by atoms with Gasteiger partial charge in [-0.05, 0) is 36.6 Å². The Hall–Kier alpha value is -1.53. The van der Waals surface area contributed by atoms with E-state index < -0.39 is 23.6 Å². The van der Waals surface area contributed by atoms with Gasteiger partial charge in [-0.25, -0.2) is 8.78 Å². The second-order valence-corrected chi connectivity index (χ2v) is 5.27. The van der Waals surface area contributed by atoms with Gasteiger partial charge < -0.3 is 15.6 Å². The number of nitrogens with two attached hydrogens (primary N) is 1. The fraction of sp³-hybridized carbons (Fsp3) is 0.167. The summed E-state index contributed by atoms with van der Waals surface area (Å²) < 4.78 is 27.2. The molecule has 2 N–H and O–H groups in total. The van der Waals surface area contributed by atoms with Gasteiger partial charge in [-0.1, -0.05) is 35.9 Å². The van der Waals surface area contributed by atoms with E-state index in [0.29, 0.717) is 11.1 Å². The van der Waals surface area contributed by atoms with Crippen LogP contribution < -0.4 is 40.4 Å². The third-order valence-corrected chi connectivity index (χ3v) is 3.46. The fourth-order valence-corrected chi connectivity index (χ4v) is 2.17. The Morgan fingerprint density at radius 1 is 1.21 bits per heavy atom. The molecule has 2 rings (SSSR count). The predicted molar refractivity (Wildman–Crippen MR) is 82.2 cm³/mol. The monoisotopic (exact) mass is 339 g/mol. The number of carboxylic acids is 1. The molecule has 0 heterocycles. The summed E-state index contributed by atoms with van der Waals surface area (Å²) in [7, 11) is 0. The van der Waals surface area contributed by atoms with Crippen molar-refractivity contribution in [2.45, 2.75) is 19.4 Å². The van der Waals surface area contributed by atoms with Gasteiger partial charge in [0.2, 0.25) is 0 Å². The molecule has 0 spiro atoms. The zero-order valence-electron chi connectivity index (χ0n) is 13.6. The number of aryl methyl sites for hydroxylation is 1. The third kappa shape index (κ3) is 5.24. The van der Waals surface area contributed by atoms with Crippen LogP contribution in [0.4, 0.5) is 8.78 Å². The van der Waals surface area contributed by atoms with Crippen molar-refractivity contribution in [3.05, 3.63) is 76.9 Å².